The molecule has 0 amide bonds. The van der Waals surface area contributed by atoms with Crippen LogP contribution in [0.4, 0.5) is 0 Å². The molecule has 0 heterocycles. The summed E-state index contributed by atoms with van der Waals surface area (Å²) in [6.07, 6.45) is -0.547. The zero-order chi connectivity index (χ0) is 14.0. The number of rotatable bonds is 2. The van der Waals surface area contributed by atoms with E-state index in [0.29, 0.717) is 0 Å². The molecule has 0 spiro atoms. The van der Waals surface area contributed by atoms with Crippen molar-refractivity contribution in [3.63, 3.8) is 0 Å². The summed E-state index contributed by atoms with van der Waals surface area (Å²) in [5, 5.41) is 10.4. The molecule has 0 aliphatic heterocycles. The average Bonchev–Trinajstić information content (AvgIpc) is 2.37. The molecule has 1 atom stereocenters. The van der Waals surface area contributed by atoms with E-state index in [9.17, 15) is 5.11 Å². The number of aryl methyl sites for hydroxylation is 1. The van der Waals surface area contributed by atoms with Gasteiger partial charge in [0.1, 0.15) is 6.10 Å². The van der Waals surface area contributed by atoms with E-state index in [0.717, 1.165) is 11.1 Å². The molecule has 0 fully saturated rings. The Morgan fingerprint density at radius 3 is 2.05 bits per heavy atom. The maximum atomic E-state index is 10.4. The highest BCUT2D eigenvalue weighted by Crippen LogP contribution is 2.26. The minimum Gasteiger partial charge on any atom is -0.384 e. The molecule has 0 unspecified atom stereocenters. The van der Waals surface area contributed by atoms with E-state index in [1.165, 1.54) is 11.1 Å². The Hall–Kier alpha value is -1.60. The van der Waals surface area contributed by atoms with E-state index in [-0.39, 0.29) is 5.41 Å². The molecule has 100 valence electrons. The standard InChI is InChI=1S/C18H22O/c1-13-6-5-7-15(12-13)17(19)14-8-10-16(11-9-14)18(2,3)4/h5-12,17,19H,1-4H3/t17-/m1/s1. The summed E-state index contributed by atoms with van der Waals surface area (Å²) < 4.78 is 0. The largest absolute Gasteiger partial charge is 0.384 e. The molecule has 2 aromatic rings. The van der Waals surface area contributed by atoms with Gasteiger partial charge in [-0.2, -0.15) is 0 Å². The second kappa shape index (κ2) is 5.18. The number of aliphatic hydroxyl groups is 1. The van der Waals surface area contributed by atoms with Crippen molar-refractivity contribution in [3.8, 4) is 0 Å². The molecule has 19 heavy (non-hydrogen) atoms. The van der Waals surface area contributed by atoms with Crippen LogP contribution >= 0.6 is 0 Å². The maximum Gasteiger partial charge on any atom is 0.104 e. The zero-order valence-electron chi connectivity index (χ0n) is 12.1. The molecule has 1 N–H and O–H groups in total. The summed E-state index contributed by atoms with van der Waals surface area (Å²) in [5.74, 6) is 0. The Morgan fingerprint density at radius 2 is 1.53 bits per heavy atom. The number of hydrogen-bond donors (Lipinski definition) is 1. The Balaban J connectivity index is 2.27. The Bertz CT molecular complexity index is 547. The van der Waals surface area contributed by atoms with Crippen LogP contribution in [0.1, 0.15) is 49.1 Å². The third kappa shape index (κ3) is 3.24. The van der Waals surface area contributed by atoms with Gasteiger partial charge in [-0.25, -0.2) is 0 Å². The van der Waals surface area contributed by atoms with E-state index < -0.39 is 6.10 Å². The van der Waals surface area contributed by atoms with Crippen LogP contribution in [0.25, 0.3) is 0 Å². The van der Waals surface area contributed by atoms with Crippen molar-refractivity contribution >= 4 is 0 Å². The fourth-order valence-corrected chi connectivity index (χ4v) is 2.20. The van der Waals surface area contributed by atoms with Gasteiger partial charge in [0, 0.05) is 0 Å². The lowest BCUT2D eigenvalue weighted by Crippen LogP contribution is -2.11. The second-order valence-electron chi connectivity index (χ2n) is 6.19. The highest BCUT2D eigenvalue weighted by molar-refractivity contribution is 5.35. The van der Waals surface area contributed by atoms with Gasteiger partial charge in [-0.05, 0) is 29.0 Å². The Kier molecular flexibility index (Phi) is 3.77. The summed E-state index contributed by atoms with van der Waals surface area (Å²) in [4.78, 5) is 0. The first kappa shape index (κ1) is 13.8. The lowest BCUT2D eigenvalue weighted by Gasteiger charge is -2.20. The predicted octanol–water partition coefficient (Wildman–Crippen LogP) is 4.37. The molecule has 0 aliphatic carbocycles. The van der Waals surface area contributed by atoms with Crippen molar-refractivity contribution in [1.29, 1.82) is 0 Å². The smallest absolute Gasteiger partial charge is 0.104 e. The summed E-state index contributed by atoms with van der Waals surface area (Å²) in [6, 6.07) is 16.3. The SMILES string of the molecule is Cc1cccc([C@H](O)c2ccc(C(C)(C)C)cc2)c1. The quantitative estimate of drug-likeness (QED) is 0.843. The molecule has 0 saturated carbocycles. The number of aliphatic hydroxyl groups excluding tert-OH is 1. The van der Waals surface area contributed by atoms with Crippen molar-refractivity contribution in [3.05, 3.63) is 70.8 Å². The molecule has 1 nitrogen and oxygen atoms in total. The van der Waals surface area contributed by atoms with Crippen LogP contribution in [0.2, 0.25) is 0 Å². The molecule has 0 saturated heterocycles. The van der Waals surface area contributed by atoms with Crippen LogP contribution in [-0.2, 0) is 5.41 Å². The Labute approximate surface area is 115 Å². The first-order chi connectivity index (χ1) is 8.88. The zero-order valence-corrected chi connectivity index (χ0v) is 12.1. The molecule has 0 aliphatic rings. The first-order valence-corrected chi connectivity index (χ1v) is 6.73. The van der Waals surface area contributed by atoms with E-state index >= 15 is 0 Å². The summed E-state index contributed by atoms with van der Waals surface area (Å²) in [5.41, 5.74) is 4.49. The van der Waals surface area contributed by atoms with Crippen LogP contribution in [0, 0.1) is 6.92 Å². The van der Waals surface area contributed by atoms with Crippen molar-refractivity contribution in [2.45, 2.75) is 39.2 Å². The van der Waals surface area contributed by atoms with Gasteiger partial charge in [-0.15, -0.1) is 0 Å². The maximum absolute atomic E-state index is 10.4. The average molecular weight is 254 g/mol. The second-order valence-corrected chi connectivity index (χ2v) is 6.19. The van der Waals surface area contributed by atoms with E-state index in [4.69, 9.17) is 0 Å². The normalized spacial score (nSPS) is 13.3. The number of hydrogen-bond acceptors (Lipinski definition) is 1. The lowest BCUT2D eigenvalue weighted by molar-refractivity contribution is 0.220. The van der Waals surface area contributed by atoms with E-state index in [1.807, 2.05) is 43.3 Å². The first-order valence-electron chi connectivity index (χ1n) is 6.73. The Morgan fingerprint density at radius 1 is 0.895 bits per heavy atom. The van der Waals surface area contributed by atoms with Crippen molar-refractivity contribution in [2.75, 3.05) is 0 Å². The minimum atomic E-state index is -0.547. The van der Waals surface area contributed by atoms with E-state index in [2.05, 4.69) is 32.9 Å². The molecular formula is C18H22O. The van der Waals surface area contributed by atoms with Gasteiger partial charge in [-0.1, -0.05) is 74.9 Å². The lowest BCUT2D eigenvalue weighted by atomic mass is 9.86. The molecule has 1 heteroatoms. The summed E-state index contributed by atoms with van der Waals surface area (Å²) in [6.45, 7) is 8.62. The molecular weight excluding hydrogens is 232 g/mol. The molecule has 0 bridgehead atoms. The molecule has 2 rings (SSSR count). The van der Waals surface area contributed by atoms with Gasteiger partial charge in [0.05, 0.1) is 0 Å². The molecule has 2 aromatic carbocycles. The van der Waals surface area contributed by atoms with E-state index in [1.54, 1.807) is 0 Å². The van der Waals surface area contributed by atoms with Gasteiger partial charge in [0.15, 0.2) is 0 Å². The van der Waals surface area contributed by atoms with Crippen LogP contribution in [0.15, 0.2) is 48.5 Å². The van der Waals surface area contributed by atoms with Gasteiger partial charge < -0.3 is 5.11 Å². The third-order valence-corrected chi connectivity index (χ3v) is 3.45. The van der Waals surface area contributed by atoms with Crippen LogP contribution in [-0.4, -0.2) is 5.11 Å². The van der Waals surface area contributed by atoms with Gasteiger partial charge in [0.25, 0.3) is 0 Å². The predicted molar refractivity (Wildman–Crippen MR) is 80.4 cm³/mol. The monoisotopic (exact) mass is 254 g/mol. The summed E-state index contributed by atoms with van der Waals surface area (Å²) in [7, 11) is 0. The fraction of sp³-hybridized carbons (Fsp3) is 0.333. The highest BCUT2D eigenvalue weighted by Gasteiger charge is 2.15. The van der Waals surface area contributed by atoms with Gasteiger partial charge in [0.2, 0.25) is 0 Å². The topological polar surface area (TPSA) is 20.2 Å². The molecule has 0 aromatic heterocycles. The van der Waals surface area contributed by atoms with Gasteiger partial charge in [-0.3, -0.25) is 0 Å². The van der Waals surface area contributed by atoms with Crippen molar-refractivity contribution in [1.82, 2.24) is 0 Å². The van der Waals surface area contributed by atoms with Gasteiger partial charge >= 0.3 is 0 Å². The highest BCUT2D eigenvalue weighted by atomic mass is 16.3. The van der Waals surface area contributed by atoms with Crippen LogP contribution in [0.3, 0.4) is 0 Å². The van der Waals surface area contributed by atoms with Crippen LogP contribution in [0.5, 0.6) is 0 Å². The van der Waals surface area contributed by atoms with Crippen molar-refractivity contribution in [2.24, 2.45) is 0 Å². The minimum absolute atomic E-state index is 0.146. The summed E-state index contributed by atoms with van der Waals surface area (Å²) >= 11 is 0. The van der Waals surface area contributed by atoms with Crippen molar-refractivity contribution < 1.29 is 5.11 Å². The third-order valence-electron chi connectivity index (χ3n) is 3.45. The number of benzene rings is 2. The van der Waals surface area contributed by atoms with Crippen LogP contribution < -0.4 is 0 Å². The fourth-order valence-electron chi connectivity index (χ4n) is 2.20. The molecule has 0 radical (unpaired) electrons.